The second kappa shape index (κ2) is 6.79. The molecule has 0 saturated heterocycles. The highest BCUT2D eigenvalue weighted by Crippen LogP contribution is 2.03. The van der Waals surface area contributed by atoms with Gasteiger partial charge in [-0.1, -0.05) is 30.3 Å². The van der Waals surface area contributed by atoms with E-state index in [-0.39, 0.29) is 0 Å². The number of rotatable bonds is 6. The molecule has 0 saturated carbocycles. The van der Waals surface area contributed by atoms with Gasteiger partial charge in [0.05, 0.1) is 20.0 Å². The van der Waals surface area contributed by atoms with E-state index in [4.69, 9.17) is 9.47 Å². The SMILES string of the molecule is COC=CC(C=O)OCc1ccccc1. The Morgan fingerprint density at radius 3 is 2.67 bits per heavy atom. The molecule has 1 aromatic rings. The van der Waals surface area contributed by atoms with E-state index in [0.29, 0.717) is 6.61 Å². The average Bonchev–Trinajstić information content (AvgIpc) is 2.31. The zero-order valence-electron chi connectivity index (χ0n) is 8.63. The number of aldehydes is 1. The Balaban J connectivity index is 2.41. The lowest BCUT2D eigenvalue weighted by atomic mass is 10.2. The number of carbonyl (C=O) groups is 1. The van der Waals surface area contributed by atoms with E-state index >= 15 is 0 Å². The zero-order chi connectivity index (χ0) is 10.9. The maximum Gasteiger partial charge on any atom is 0.152 e. The first-order valence-corrected chi connectivity index (χ1v) is 4.67. The molecule has 0 spiro atoms. The first-order chi connectivity index (χ1) is 7.36. The summed E-state index contributed by atoms with van der Waals surface area (Å²) in [6, 6.07) is 9.69. The molecule has 3 heteroatoms. The van der Waals surface area contributed by atoms with Gasteiger partial charge in [-0.3, -0.25) is 0 Å². The van der Waals surface area contributed by atoms with E-state index in [1.807, 2.05) is 30.3 Å². The van der Waals surface area contributed by atoms with Gasteiger partial charge in [-0.05, 0) is 11.6 Å². The van der Waals surface area contributed by atoms with E-state index in [1.165, 1.54) is 13.4 Å². The molecule has 0 heterocycles. The largest absolute Gasteiger partial charge is 0.505 e. The van der Waals surface area contributed by atoms with Crippen LogP contribution in [0.15, 0.2) is 42.7 Å². The van der Waals surface area contributed by atoms with Crippen LogP contribution in [0.1, 0.15) is 5.56 Å². The fraction of sp³-hybridized carbons (Fsp3) is 0.250. The Morgan fingerprint density at radius 1 is 1.33 bits per heavy atom. The molecule has 0 bridgehead atoms. The van der Waals surface area contributed by atoms with Crippen LogP contribution in [0.25, 0.3) is 0 Å². The van der Waals surface area contributed by atoms with Crippen molar-refractivity contribution in [1.29, 1.82) is 0 Å². The molecule has 1 rings (SSSR count). The Labute approximate surface area is 89.3 Å². The molecule has 1 aromatic carbocycles. The minimum atomic E-state index is -0.551. The summed E-state index contributed by atoms with van der Waals surface area (Å²) in [4.78, 5) is 10.6. The molecule has 0 fully saturated rings. The first kappa shape index (κ1) is 11.5. The molecule has 0 amide bonds. The summed E-state index contributed by atoms with van der Waals surface area (Å²) in [5.74, 6) is 0. The molecular weight excluding hydrogens is 192 g/mol. The van der Waals surface area contributed by atoms with Crippen LogP contribution in [0.2, 0.25) is 0 Å². The van der Waals surface area contributed by atoms with Crippen LogP contribution in [0.3, 0.4) is 0 Å². The Kier molecular flexibility index (Phi) is 5.19. The predicted octanol–water partition coefficient (Wildman–Crippen LogP) is 1.93. The van der Waals surface area contributed by atoms with Crippen LogP contribution < -0.4 is 0 Å². The van der Waals surface area contributed by atoms with Gasteiger partial charge in [-0.2, -0.15) is 0 Å². The maximum absolute atomic E-state index is 10.6. The highest BCUT2D eigenvalue weighted by molar-refractivity contribution is 5.59. The van der Waals surface area contributed by atoms with Crippen molar-refractivity contribution in [3.05, 3.63) is 48.2 Å². The third-order valence-corrected chi connectivity index (χ3v) is 1.82. The van der Waals surface area contributed by atoms with E-state index in [2.05, 4.69) is 0 Å². The van der Waals surface area contributed by atoms with Gasteiger partial charge in [0, 0.05) is 0 Å². The number of carbonyl (C=O) groups excluding carboxylic acids is 1. The smallest absolute Gasteiger partial charge is 0.152 e. The van der Waals surface area contributed by atoms with Crippen LogP contribution >= 0.6 is 0 Å². The lowest BCUT2D eigenvalue weighted by Gasteiger charge is -2.07. The van der Waals surface area contributed by atoms with Gasteiger partial charge in [0.2, 0.25) is 0 Å². The van der Waals surface area contributed by atoms with E-state index < -0.39 is 6.10 Å². The van der Waals surface area contributed by atoms with Crippen molar-refractivity contribution in [2.24, 2.45) is 0 Å². The van der Waals surface area contributed by atoms with Crippen molar-refractivity contribution < 1.29 is 14.3 Å². The summed E-state index contributed by atoms with van der Waals surface area (Å²) >= 11 is 0. The molecule has 0 aliphatic carbocycles. The van der Waals surface area contributed by atoms with Gasteiger partial charge < -0.3 is 14.3 Å². The van der Waals surface area contributed by atoms with E-state index in [0.717, 1.165) is 11.8 Å². The second-order valence-corrected chi connectivity index (χ2v) is 2.96. The number of benzene rings is 1. The van der Waals surface area contributed by atoms with E-state index in [9.17, 15) is 4.79 Å². The maximum atomic E-state index is 10.6. The Bertz CT molecular complexity index is 306. The van der Waals surface area contributed by atoms with Crippen molar-refractivity contribution in [1.82, 2.24) is 0 Å². The molecule has 80 valence electrons. The van der Waals surface area contributed by atoms with Crippen LogP contribution in [-0.4, -0.2) is 19.5 Å². The van der Waals surface area contributed by atoms with Gasteiger partial charge in [0.1, 0.15) is 6.10 Å². The molecule has 0 aliphatic heterocycles. The lowest BCUT2D eigenvalue weighted by molar-refractivity contribution is -0.116. The minimum Gasteiger partial charge on any atom is -0.505 e. The van der Waals surface area contributed by atoms with Crippen molar-refractivity contribution in [2.75, 3.05) is 7.11 Å². The number of methoxy groups -OCH3 is 1. The molecule has 0 aliphatic rings. The summed E-state index contributed by atoms with van der Waals surface area (Å²) in [6.45, 7) is 0.415. The highest BCUT2D eigenvalue weighted by Gasteiger charge is 2.02. The predicted molar refractivity (Wildman–Crippen MR) is 57.2 cm³/mol. The summed E-state index contributed by atoms with van der Waals surface area (Å²) in [7, 11) is 1.52. The van der Waals surface area contributed by atoms with Crippen molar-refractivity contribution in [3.8, 4) is 0 Å². The first-order valence-electron chi connectivity index (χ1n) is 4.67. The zero-order valence-corrected chi connectivity index (χ0v) is 8.63. The molecular formula is C12H14O3. The molecule has 0 N–H and O–H groups in total. The molecule has 3 nitrogen and oxygen atoms in total. The number of hydrogen-bond acceptors (Lipinski definition) is 3. The molecule has 15 heavy (non-hydrogen) atoms. The Morgan fingerprint density at radius 2 is 2.07 bits per heavy atom. The summed E-state index contributed by atoms with van der Waals surface area (Å²) in [5.41, 5.74) is 1.04. The third-order valence-electron chi connectivity index (χ3n) is 1.82. The normalized spacial score (nSPS) is 12.6. The highest BCUT2D eigenvalue weighted by atomic mass is 16.5. The van der Waals surface area contributed by atoms with Gasteiger partial charge >= 0.3 is 0 Å². The molecule has 1 unspecified atom stereocenters. The van der Waals surface area contributed by atoms with Gasteiger partial charge in [-0.15, -0.1) is 0 Å². The Hall–Kier alpha value is -1.61. The van der Waals surface area contributed by atoms with Gasteiger partial charge in [0.15, 0.2) is 6.29 Å². The van der Waals surface area contributed by atoms with Crippen molar-refractivity contribution in [2.45, 2.75) is 12.7 Å². The monoisotopic (exact) mass is 206 g/mol. The number of ether oxygens (including phenoxy) is 2. The summed E-state index contributed by atoms with van der Waals surface area (Å²) < 4.78 is 10.1. The van der Waals surface area contributed by atoms with Gasteiger partial charge in [-0.25, -0.2) is 0 Å². The molecule has 0 aromatic heterocycles. The molecule has 1 atom stereocenters. The fourth-order valence-electron chi connectivity index (χ4n) is 1.06. The standard InChI is InChI=1S/C12H14O3/c1-14-8-7-12(9-13)15-10-11-5-3-2-4-6-11/h2-9,12H,10H2,1H3. The fourth-order valence-corrected chi connectivity index (χ4v) is 1.06. The van der Waals surface area contributed by atoms with Crippen LogP contribution in [0.4, 0.5) is 0 Å². The second-order valence-electron chi connectivity index (χ2n) is 2.96. The average molecular weight is 206 g/mol. The third kappa shape index (κ3) is 4.42. The summed E-state index contributed by atoms with van der Waals surface area (Å²) in [6.07, 6.45) is 3.18. The quantitative estimate of drug-likeness (QED) is 0.527. The van der Waals surface area contributed by atoms with E-state index in [1.54, 1.807) is 6.08 Å². The lowest BCUT2D eigenvalue weighted by Crippen LogP contribution is -2.11. The molecule has 0 radical (unpaired) electrons. The minimum absolute atomic E-state index is 0.415. The topological polar surface area (TPSA) is 35.5 Å². The summed E-state index contributed by atoms with van der Waals surface area (Å²) in [5, 5.41) is 0. The van der Waals surface area contributed by atoms with Crippen molar-refractivity contribution in [3.63, 3.8) is 0 Å². The van der Waals surface area contributed by atoms with Crippen LogP contribution in [0, 0.1) is 0 Å². The van der Waals surface area contributed by atoms with Crippen LogP contribution in [0.5, 0.6) is 0 Å². The number of hydrogen-bond donors (Lipinski definition) is 0. The van der Waals surface area contributed by atoms with Gasteiger partial charge in [0.25, 0.3) is 0 Å². The van der Waals surface area contributed by atoms with Crippen LogP contribution in [-0.2, 0) is 20.9 Å². The van der Waals surface area contributed by atoms with Crippen molar-refractivity contribution >= 4 is 6.29 Å².